The number of alkyl carbamates (subject to hydrolysis) is 1. The number of ether oxygens (including phenoxy) is 3. The number of nitrogens with one attached hydrogen (secondary N) is 3. The summed E-state index contributed by atoms with van der Waals surface area (Å²) < 4.78 is 59.3. The number of halogens is 4. The number of pyridine rings is 2. The number of benzene rings is 2. The van der Waals surface area contributed by atoms with Crippen molar-refractivity contribution in [1.82, 2.24) is 25.1 Å². The summed E-state index contributed by atoms with van der Waals surface area (Å²) in [6, 6.07) is 14.6. The van der Waals surface area contributed by atoms with Crippen LogP contribution in [-0.4, -0.2) is 66.7 Å². The van der Waals surface area contributed by atoms with Crippen LogP contribution < -0.4 is 25.4 Å². The largest absolute Gasteiger partial charge is 0.497 e. The summed E-state index contributed by atoms with van der Waals surface area (Å²) >= 11 is 2.27. The van der Waals surface area contributed by atoms with Crippen LogP contribution in [0.15, 0.2) is 67.0 Å². The Morgan fingerprint density at radius 1 is 1.00 bits per heavy atom. The van der Waals surface area contributed by atoms with Gasteiger partial charge >= 0.3 is 12.3 Å². The molecule has 0 radical (unpaired) electrons. The minimum Gasteiger partial charge on any atom is -0.497 e. The summed E-state index contributed by atoms with van der Waals surface area (Å²) in [6.45, 7) is 7.49. The highest BCUT2D eigenvalue weighted by atomic mass is 127. The quantitative estimate of drug-likeness (QED) is 0.0778. The SMILES string of the molecule is COc1ccc(CNc2ncc(I)c3c2c(-c2ccc(C(=O)Nc4cc(C(F)(F)F)ccn4)cc2)nn3[C@@H]2CCC[C@@H](NC(=O)OCC[Si](C)(C)C)C2)c(OC)c1. The number of rotatable bonds is 13. The molecule has 0 bridgehead atoms. The molecule has 2 atom stereocenters. The summed E-state index contributed by atoms with van der Waals surface area (Å²) in [4.78, 5) is 34.6. The molecule has 2 aromatic carbocycles. The predicted octanol–water partition coefficient (Wildman–Crippen LogP) is 9.55. The summed E-state index contributed by atoms with van der Waals surface area (Å²) in [5.41, 5.74) is 2.36. The van der Waals surface area contributed by atoms with E-state index in [9.17, 15) is 22.8 Å². The minimum atomic E-state index is -4.58. The molecule has 302 valence electrons. The molecule has 1 saturated carbocycles. The lowest BCUT2D eigenvalue weighted by molar-refractivity contribution is -0.137. The van der Waals surface area contributed by atoms with Gasteiger partial charge in [-0.25, -0.2) is 14.8 Å². The van der Waals surface area contributed by atoms with Crippen LogP contribution in [0.25, 0.3) is 22.2 Å². The number of fused-ring (bicyclic) bond motifs is 1. The Balaban J connectivity index is 1.32. The first-order valence-corrected chi connectivity index (χ1v) is 23.3. The number of alkyl halides is 3. The molecule has 57 heavy (non-hydrogen) atoms. The third-order valence-electron chi connectivity index (χ3n) is 9.77. The van der Waals surface area contributed by atoms with Crippen molar-refractivity contribution >= 4 is 65.2 Å². The third-order valence-corrected chi connectivity index (χ3v) is 12.3. The van der Waals surface area contributed by atoms with Crippen LogP contribution in [0.5, 0.6) is 11.5 Å². The molecule has 0 saturated heterocycles. The molecule has 12 nitrogen and oxygen atoms in total. The molecule has 1 aliphatic carbocycles. The smallest absolute Gasteiger partial charge is 0.416 e. The number of hydrogen-bond acceptors (Lipinski definition) is 9. The fraction of sp³-hybridized carbons (Fsp3) is 0.375. The predicted molar refractivity (Wildman–Crippen MR) is 224 cm³/mol. The first-order chi connectivity index (χ1) is 27.1. The van der Waals surface area contributed by atoms with E-state index in [-0.39, 0.29) is 23.5 Å². The van der Waals surface area contributed by atoms with Crippen molar-refractivity contribution in [3.8, 4) is 22.8 Å². The minimum absolute atomic E-state index is 0.0576. The van der Waals surface area contributed by atoms with E-state index in [0.29, 0.717) is 48.1 Å². The third kappa shape index (κ3) is 10.3. The normalized spacial score (nSPS) is 15.9. The van der Waals surface area contributed by atoms with Crippen LogP contribution >= 0.6 is 22.6 Å². The fourth-order valence-corrected chi connectivity index (χ4v) is 8.10. The van der Waals surface area contributed by atoms with Gasteiger partial charge in [-0.15, -0.1) is 0 Å². The second-order valence-electron chi connectivity index (χ2n) is 15.1. The lowest BCUT2D eigenvalue weighted by Gasteiger charge is -2.30. The maximum Gasteiger partial charge on any atom is 0.416 e. The number of anilines is 2. The summed E-state index contributed by atoms with van der Waals surface area (Å²) in [6.07, 6.45) is 0.986. The zero-order valence-corrected chi connectivity index (χ0v) is 35.5. The Hall–Kier alpha value is -4.91. The van der Waals surface area contributed by atoms with Gasteiger partial charge in [-0.2, -0.15) is 18.3 Å². The van der Waals surface area contributed by atoms with E-state index in [0.717, 1.165) is 63.7 Å². The second-order valence-corrected chi connectivity index (χ2v) is 21.9. The van der Waals surface area contributed by atoms with Crippen molar-refractivity contribution < 1.29 is 37.0 Å². The van der Waals surface area contributed by atoms with Crippen molar-refractivity contribution in [2.24, 2.45) is 0 Å². The number of methoxy groups -OCH3 is 2. The highest BCUT2D eigenvalue weighted by molar-refractivity contribution is 14.1. The van der Waals surface area contributed by atoms with E-state index < -0.39 is 31.8 Å². The first kappa shape index (κ1) is 41.7. The molecule has 0 spiro atoms. The fourth-order valence-electron chi connectivity index (χ4n) is 6.73. The Labute approximate surface area is 343 Å². The zero-order chi connectivity index (χ0) is 40.9. The van der Waals surface area contributed by atoms with Gasteiger partial charge in [-0.05, 0) is 90.7 Å². The summed E-state index contributed by atoms with van der Waals surface area (Å²) in [5, 5.41) is 15.0. The van der Waals surface area contributed by atoms with Gasteiger partial charge in [0.25, 0.3) is 5.91 Å². The van der Waals surface area contributed by atoms with Crippen molar-refractivity contribution in [3.63, 3.8) is 0 Å². The van der Waals surface area contributed by atoms with Gasteiger partial charge in [0.2, 0.25) is 0 Å². The molecule has 0 unspecified atom stereocenters. The average molecular weight is 916 g/mol. The van der Waals surface area contributed by atoms with Gasteiger partial charge in [0, 0.05) is 55.8 Å². The van der Waals surface area contributed by atoms with Gasteiger partial charge in [0.15, 0.2) is 0 Å². The number of carbonyl (C=O) groups is 2. The van der Waals surface area contributed by atoms with Crippen molar-refractivity contribution in [2.75, 3.05) is 31.5 Å². The van der Waals surface area contributed by atoms with E-state index in [1.165, 1.54) is 0 Å². The number of hydrogen-bond donors (Lipinski definition) is 3. The topological polar surface area (TPSA) is 142 Å². The number of amides is 2. The molecule has 1 aliphatic rings. The molecule has 6 rings (SSSR count). The lowest BCUT2D eigenvalue weighted by atomic mass is 9.91. The molecule has 1 fully saturated rings. The summed E-state index contributed by atoms with van der Waals surface area (Å²) in [7, 11) is 1.84. The van der Waals surface area contributed by atoms with Crippen LogP contribution in [0.2, 0.25) is 25.7 Å². The van der Waals surface area contributed by atoms with Gasteiger partial charge in [0.05, 0.1) is 46.9 Å². The lowest BCUT2D eigenvalue weighted by Crippen LogP contribution is -2.39. The van der Waals surface area contributed by atoms with Gasteiger partial charge in [-0.1, -0.05) is 31.8 Å². The molecule has 0 aliphatic heterocycles. The molecular formula is C40H45F3IN7O5Si. The van der Waals surface area contributed by atoms with Gasteiger partial charge < -0.3 is 30.2 Å². The van der Waals surface area contributed by atoms with Crippen molar-refractivity contribution in [2.45, 2.75) is 76.2 Å². The number of aromatic nitrogens is 4. The van der Waals surface area contributed by atoms with Crippen molar-refractivity contribution in [1.29, 1.82) is 0 Å². The zero-order valence-electron chi connectivity index (χ0n) is 32.3. The molecule has 3 heterocycles. The second kappa shape index (κ2) is 17.7. The maximum atomic E-state index is 13.3. The highest BCUT2D eigenvalue weighted by Crippen LogP contribution is 2.40. The summed E-state index contributed by atoms with van der Waals surface area (Å²) in [5.74, 6) is 1.06. The van der Waals surface area contributed by atoms with Crippen LogP contribution in [0.1, 0.15) is 53.2 Å². The number of carbonyl (C=O) groups excluding carboxylic acids is 2. The standard InChI is InChI=1S/C40H45F3IN7O5Si/c1-54-30-14-13-26(32(21-30)55-2)22-46-37-34-35(24-9-11-25(12-10-24)38(52)49-33-19-27(15-16-45-33)40(41,42)43)50-51(36(34)31(44)23-47-37)29-8-6-7-28(20-29)48-39(53)56-17-18-57(3,4)5/h9-16,19,21,23,28-29H,6-8,17-18,20,22H2,1-5H3,(H,46,47)(H,48,53)(H,45,49,52)/t28-,29-/m1/s1. The van der Waals surface area contributed by atoms with Gasteiger partial charge in [-0.3, -0.25) is 9.48 Å². The van der Waals surface area contributed by atoms with Crippen LogP contribution in [-0.2, 0) is 17.5 Å². The Morgan fingerprint density at radius 3 is 2.47 bits per heavy atom. The van der Waals surface area contributed by atoms with E-state index in [1.807, 2.05) is 22.9 Å². The highest BCUT2D eigenvalue weighted by Gasteiger charge is 2.32. The average Bonchev–Trinajstić information content (AvgIpc) is 3.59. The monoisotopic (exact) mass is 915 g/mol. The molecule has 5 aromatic rings. The van der Waals surface area contributed by atoms with E-state index in [1.54, 1.807) is 44.7 Å². The van der Waals surface area contributed by atoms with Crippen LogP contribution in [0.3, 0.4) is 0 Å². The Morgan fingerprint density at radius 2 is 1.77 bits per heavy atom. The molecule has 3 aromatic heterocycles. The molecule has 2 amide bonds. The van der Waals surface area contributed by atoms with E-state index in [2.05, 4.69) is 63.2 Å². The van der Waals surface area contributed by atoms with Gasteiger partial charge in [0.1, 0.15) is 28.8 Å². The van der Waals surface area contributed by atoms with E-state index in [4.69, 9.17) is 24.3 Å². The molecule has 3 N–H and O–H groups in total. The van der Waals surface area contributed by atoms with Crippen LogP contribution in [0.4, 0.5) is 29.6 Å². The number of nitrogens with zero attached hydrogens (tertiary/aromatic N) is 4. The molecule has 17 heteroatoms. The molecular weight excluding hydrogens is 870 g/mol. The Bertz CT molecular complexity index is 2230. The Kier molecular flexibility index (Phi) is 13.0. The first-order valence-electron chi connectivity index (χ1n) is 18.5. The van der Waals surface area contributed by atoms with Crippen molar-refractivity contribution in [3.05, 3.63) is 87.3 Å². The maximum absolute atomic E-state index is 13.3. The van der Waals surface area contributed by atoms with E-state index >= 15 is 0 Å². The van der Waals surface area contributed by atoms with Crippen LogP contribution in [0, 0.1) is 3.57 Å².